The van der Waals surface area contributed by atoms with Crippen LogP contribution < -0.4 is 5.32 Å². The average Bonchev–Trinajstić information content (AvgIpc) is 2.66. The topological polar surface area (TPSA) is 29.9 Å². The molecule has 4 heteroatoms. The molecule has 18 heavy (non-hydrogen) atoms. The van der Waals surface area contributed by atoms with E-state index >= 15 is 0 Å². The SMILES string of the molecule is Cn1nc(Cl)c2ccc(CC3CCCCN3)cc21. The molecule has 3 nitrogen and oxygen atoms in total. The van der Waals surface area contributed by atoms with Crippen molar-refractivity contribution < 1.29 is 0 Å². The maximum atomic E-state index is 6.08. The molecule has 0 saturated carbocycles. The van der Waals surface area contributed by atoms with E-state index in [9.17, 15) is 0 Å². The number of hydrogen-bond donors (Lipinski definition) is 1. The van der Waals surface area contributed by atoms with Crippen molar-refractivity contribution in [2.45, 2.75) is 31.7 Å². The number of fused-ring (bicyclic) bond motifs is 1. The van der Waals surface area contributed by atoms with Gasteiger partial charge in [0.2, 0.25) is 0 Å². The quantitative estimate of drug-likeness (QED) is 0.903. The van der Waals surface area contributed by atoms with Crippen molar-refractivity contribution in [3.05, 3.63) is 28.9 Å². The Labute approximate surface area is 112 Å². The van der Waals surface area contributed by atoms with Crippen LogP contribution in [0.25, 0.3) is 10.9 Å². The lowest BCUT2D eigenvalue weighted by molar-refractivity contribution is 0.399. The molecule has 96 valence electrons. The maximum Gasteiger partial charge on any atom is 0.158 e. The van der Waals surface area contributed by atoms with E-state index < -0.39 is 0 Å². The fourth-order valence-electron chi connectivity index (χ4n) is 2.77. The van der Waals surface area contributed by atoms with E-state index in [-0.39, 0.29) is 0 Å². The summed E-state index contributed by atoms with van der Waals surface area (Å²) in [5, 5.41) is 9.47. The number of piperidine rings is 1. The molecule has 3 rings (SSSR count). The zero-order valence-electron chi connectivity index (χ0n) is 10.6. The normalized spacial score (nSPS) is 20.4. The lowest BCUT2D eigenvalue weighted by Crippen LogP contribution is -2.35. The van der Waals surface area contributed by atoms with Gasteiger partial charge in [0.25, 0.3) is 0 Å². The highest BCUT2D eigenvalue weighted by atomic mass is 35.5. The van der Waals surface area contributed by atoms with Gasteiger partial charge in [-0.05, 0) is 43.5 Å². The summed E-state index contributed by atoms with van der Waals surface area (Å²) in [7, 11) is 1.94. The summed E-state index contributed by atoms with van der Waals surface area (Å²) in [6.07, 6.45) is 5.03. The molecule has 2 heterocycles. The predicted molar refractivity (Wildman–Crippen MR) is 75.1 cm³/mol. The van der Waals surface area contributed by atoms with Gasteiger partial charge in [0.05, 0.1) is 5.52 Å². The number of nitrogens with zero attached hydrogens (tertiary/aromatic N) is 2. The van der Waals surface area contributed by atoms with Gasteiger partial charge in [-0.1, -0.05) is 24.1 Å². The van der Waals surface area contributed by atoms with Crippen molar-refractivity contribution in [3.63, 3.8) is 0 Å². The van der Waals surface area contributed by atoms with E-state index in [4.69, 9.17) is 11.6 Å². The van der Waals surface area contributed by atoms with Gasteiger partial charge in [0.15, 0.2) is 5.15 Å². The van der Waals surface area contributed by atoms with Crippen LogP contribution in [-0.2, 0) is 13.5 Å². The van der Waals surface area contributed by atoms with Gasteiger partial charge in [-0.2, -0.15) is 5.10 Å². The number of benzene rings is 1. The molecule has 1 aliphatic rings. The molecule has 1 aliphatic heterocycles. The highest BCUT2D eigenvalue weighted by Crippen LogP contribution is 2.24. The Morgan fingerprint density at radius 1 is 1.44 bits per heavy atom. The molecule has 0 amide bonds. The second-order valence-electron chi connectivity index (χ2n) is 5.12. The van der Waals surface area contributed by atoms with E-state index in [0.29, 0.717) is 11.2 Å². The minimum atomic E-state index is 0.592. The Hall–Kier alpha value is -1.06. The minimum absolute atomic E-state index is 0.592. The van der Waals surface area contributed by atoms with Crippen LogP contribution in [0, 0.1) is 0 Å². The van der Waals surface area contributed by atoms with Crippen LogP contribution in [-0.4, -0.2) is 22.4 Å². The number of aryl methyl sites for hydroxylation is 1. The number of nitrogens with one attached hydrogen (secondary N) is 1. The van der Waals surface area contributed by atoms with Crippen molar-refractivity contribution >= 4 is 22.5 Å². The standard InChI is InChI=1S/C14H18ClN3/c1-18-13-9-10(5-6-12(13)14(15)17-18)8-11-4-2-3-7-16-11/h5-6,9,11,16H,2-4,7-8H2,1H3. The van der Waals surface area contributed by atoms with E-state index in [1.54, 1.807) is 0 Å². The Bertz CT molecular complexity index is 555. The number of rotatable bonds is 2. The molecule has 1 unspecified atom stereocenters. The van der Waals surface area contributed by atoms with Crippen molar-refractivity contribution in [2.24, 2.45) is 7.05 Å². The Kier molecular flexibility index (Phi) is 3.27. The zero-order chi connectivity index (χ0) is 12.5. The second kappa shape index (κ2) is 4.90. The molecule has 1 aromatic carbocycles. The lowest BCUT2D eigenvalue weighted by atomic mass is 9.97. The number of hydrogen-bond acceptors (Lipinski definition) is 2. The van der Waals surface area contributed by atoms with Gasteiger partial charge in [0, 0.05) is 18.5 Å². The molecule has 2 aromatic rings. The average molecular weight is 264 g/mol. The molecule has 1 saturated heterocycles. The third kappa shape index (κ3) is 2.25. The molecule has 1 atom stereocenters. The Balaban J connectivity index is 1.86. The smallest absolute Gasteiger partial charge is 0.158 e. The molecule has 0 spiro atoms. The fraction of sp³-hybridized carbons (Fsp3) is 0.500. The summed E-state index contributed by atoms with van der Waals surface area (Å²) in [4.78, 5) is 0. The Morgan fingerprint density at radius 2 is 2.33 bits per heavy atom. The lowest BCUT2D eigenvalue weighted by Gasteiger charge is -2.23. The Morgan fingerprint density at radius 3 is 3.11 bits per heavy atom. The summed E-state index contributed by atoms with van der Waals surface area (Å²) in [5.41, 5.74) is 2.48. The van der Waals surface area contributed by atoms with E-state index in [2.05, 4.69) is 28.6 Å². The van der Waals surface area contributed by atoms with Crippen LogP contribution in [0.5, 0.6) is 0 Å². The van der Waals surface area contributed by atoms with Crippen LogP contribution in [0.3, 0.4) is 0 Å². The maximum absolute atomic E-state index is 6.08. The largest absolute Gasteiger partial charge is 0.314 e. The minimum Gasteiger partial charge on any atom is -0.314 e. The van der Waals surface area contributed by atoms with Crippen molar-refractivity contribution in [1.82, 2.24) is 15.1 Å². The van der Waals surface area contributed by atoms with Crippen LogP contribution in [0.15, 0.2) is 18.2 Å². The molecule has 1 fully saturated rings. The molecule has 0 bridgehead atoms. The van der Waals surface area contributed by atoms with Crippen molar-refractivity contribution in [2.75, 3.05) is 6.54 Å². The summed E-state index contributed by atoms with van der Waals surface area (Å²) in [6, 6.07) is 7.10. The fourth-order valence-corrected chi connectivity index (χ4v) is 3.04. The van der Waals surface area contributed by atoms with E-state index in [0.717, 1.165) is 23.9 Å². The zero-order valence-corrected chi connectivity index (χ0v) is 11.4. The molecular weight excluding hydrogens is 246 g/mol. The summed E-state index contributed by atoms with van der Waals surface area (Å²) in [6.45, 7) is 1.16. The first-order valence-electron chi connectivity index (χ1n) is 6.58. The van der Waals surface area contributed by atoms with Gasteiger partial charge >= 0.3 is 0 Å². The molecule has 0 radical (unpaired) electrons. The molecule has 1 N–H and O–H groups in total. The van der Waals surface area contributed by atoms with Gasteiger partial charge in [-0.3, -0.25) is 4.68 Å². The van der Waals surface area contributed by atoms with Crippen LogP contribution in [0.2, 0.25) is 5.15 Å². The summed E-state index contributed by atoms with van der Waals surface area (Å²) < 4.78 is 1.86. The molecular formula is C14H18ClN3. The van der Waals surface area contributed by atoms with Crippen LogP contribution in [0.1, 0.15) is 24.8 Å². The first-order chi connectivity index (χ1) is 8.74. The number of aromatic nitrogens is 2. The van der Waals surface area contributed by atoms with Gasteiger partial charge in [-0.15, -0.1) is 0 Å². The summed E-state index contributed by atoms with van der Waals surface area (Å²) in [5.74, 6) is 0. The van der Waals surface area contributed by atoms with Gasteiger partial charge < -0.3 is 5.32 Å². The molecule has 1 aromatic heterocycles. The third-order valence-electron chi connectivity index (χ3n) is 3.77. The van der Waals surface area contributed by atoms with Crippen LogP contribution >= 0.6 is 11.6 Å². The van der Waals surface area contributed by atoms with Gasteiger partial charge in [-0.25, -0.2) is 0 Å². The monoisotopic (exact) mass is 263 g/mol. The van der Waals surface area contributed by atoms with E-state index in [1.165, 1.54) is 24.8 Å². The number of halogens is 1. The van der Waals surface area contributed by atoms with Gasteiger partial charge in [0.1, 0.15) is 0 Å². The first-order valence-corrected chi connectivity index (χ1v) is 6.96. The van der Waals surface area contributed by atoms with E-state index in [1.807, 2.05) is 11.7 Å². The van der Waals surface area contributed by atoms with Crippen molar-refractivity contribution in [1.29, 1.82) is 0 Å². The summed E-state index contributed by atoms with van der Waals surface area (Å²) >= 11 is 6.08. The molecule has 0 aliphatic carbocycles. The highest BCUT2D eigenvalue weighted by molar-refractivity contribution is 6.34. The van der Waals surface area contributed by atoms with Crippen molar-refractivity contribution in [3.8, 4) is 0 Å². The highest BCUT2D eigenvalue weighted by Gasteiger charge is 2.14. The predicted octanol–water partition coefficient (Wildman–Crippen LogP) is 2.91. The first kappa shape index (κ1) is 12.0. The third-order valence-corrected chi connectivity index (χ3v) is 4.04. The van der Waals surface area contributed by atoms with Crippen LogP contribution in [0.4, 0.5) is 0 Å². The second-order valence-corrected chi connectivity index (χ2v) is 5.47.